The number of aryl methyl sites for hydroxylation is 1. The lowest BCUT2D eigenvalue weighted by molar-refractivity contribution is -0.123. The van der Waals surface area contributed by atoms with Gasteiger partial charge in [-0.2, -0.15) is 5.10 Å². The maximum atomic E-state index is 11.9. The minimum atomic E-state index is -0.227. The Bertz CT molecular complexity index is 726. The molecule has 0 saturated heterocycles. The molecule has 1 N–H and O–H groups in total. The van der Waals surface area contributed by atoms with E-state index < -0.39 is 0 Å². The molecule has 7 heteroatoms. The zero-order valence-electron chi connectivity index (χ0n) is 12.7. The van der Waals surface area contributed by atoms with Crippen molar-refractivity contribution in [2.45, 2.75) is 25.3 Å². The summed E-state index contributed by atoms with van der Waals surface area (Å²) < 4.78 is 7.28. The van der Waals surface area contributed by atoms with Gasteiger partial charge in [0.25, 0.3) is 5.91 Å². The van der Waals surface area contributed by atoms with Crippen LogP contribution in [0.5, 0.6) is 5.75 Å². The predicted octanol–water partition coefficient (Wildman–Crippen LogP) is 3.30. The van der Waals surface area contributed by atoms with Gasteiger partial charge in [0.05, 0.1) is 17.3 Å². The van der Waals surface area contributed by atoms with Crippen LogP contribution in [0.3, 0.4) is 0 Å². The van der Waals surface area contributed by atoms with Gasteiger partial charge in [-0.25, -0.2) is 0 Å². The van der Waals surface area contributed by atoms with E-state index in [4.69, 9.17) is 27.9 Å². The molecule has 5 nitrogen and oxygen atoms in total. The van der Waals surface area contributed by atoms with Gasteiger partial charge in [0.2, 0.25) is 0 Å². The van der Waals surface area contributed by atoms with E-state index in [1.807, 2.05) is 11.7 Å². The van der Waals surface area contributed by atoms with E-state index in [2.05, 4.69) is 16.5 Å². The lowest BCUT2D eigenvalue weighted by Crippen LogP contribution is -2.28. The minimum absolute atomic E-state index is 0.107. The molecule has 0 aliphatic heterocycles. The van der Waals surface area contributed by atoms with Gasteiger partial charge in [-0.15, -0.1) is 0 Å². The molecule has 1 aromatic carbocycles. The molecule has 0 atom stereocenters. The Morgan fingerprint density at radius 3 is 2.87 bits per heavy atom. The van der Waals surface area contributed by atoms with Crippen molar-refractivity contribution in [3.05, 3.63) is 45.7 Å². The number of aromatic nitrogens is 2. The Morgan fingerprint density at radius 1 is 1.39 bits per heavy atom. The first-order valence-electron chi connectivity index (χ1n) is 7.40. The van der Waals surface area contributed by atoms with E-state index in [9.17, 15) is 4.79 Å². The van der Waals surface area contributed by atoms with Crippen LogP contribution >= 0.6 is 23.2 Å². The molecular weight excluding hydrogens is 337 g/mol. The summed E-state index contributed by atoms with van der Waals surface area (Å²) >= 11 is 11.8. The van der Waals surface area contributed by atoms with Gasteiger partial charge in [-0.1, -0.05) is 23.2 Å². The fourth-order valence-corrected chi connectivity index (χ4v) is 2.83. The highest BCUT2D eigenvalue weighted by Crippen LogP contribution is 2.39. The lowest BCUT2D eigenvalue weighted by atomic mass is 10.2. The molecule has 1 aliphatic rings. The average molecular weight is 354 g/mol. The fourth-order valence-electron chi connectivity index (χ4n) is 2.37. The highest BCUT2D eigenvalue weighted by molar-refractivity contribution is 6.35. The Balaban J connectivity index is 1.48. The van der Waals surface area contributed by atoms with Gasteiger partial charge in [0.1, 0.15) is 5.75 Å². The quantitative estimate of drug-likeness (QED) is 0.866. The molecule has 0 bridgehead atoms. The number of hydrogen-bond acceptors (Lipinski definition) is 3. The predicted molar refractivity (Wildman–Crippen MR) is 89.0 cm³/mol. The van der Waals surface area contributed by atoms with Gasteiger partial charge < -0.3 is 10.1 Å². The standard InChI is InChI=1S/C16H17Cl2N3O2/c1-21-14(10-2-3-10)7-12(20-21)8-19-16(22)9-23-15-5-4-11(17)6-13(15)18/h4-7,10H,2-3,8-9H2,1H3,(H,19,22). The fraction of sp³-hybridized carbons (Fsp3) is 0.375. The number of benzene rings is 1. The smallest absolute Gasteiger partial charge is 0.258 e. The van der Waals surface area contributed by atoms with Crippen molar-refractivity contribution >= 4 is 29.1 Å². The summed E-state index contributed by atoms with van der Waals surface area (Å²) in [6, 6.07) is 6.92. The Labute approximate surface area is 144 Å². The molecule has 1 heterocycles. The number of carbonyl (C=O) groups excluding carboxylic acids is 1. The maximum absolute atomic E-state index is 11.9. The molecule has 1 amide bonds. The van der Waals surface area contributed by atoms with Gasteiger partial charge in [0.15, 0.2) is 6.61 Å². The Morgan fingerprint density at radius 2 is 2.17 bits per heavy atom. The van der Waals surface area contributed by atoms with E-state index in [0.29, 0.717) is 28.3 Å². The van der Waals surface area contributed by atoms with Gasteiger partial charge in [-0.05, 0) is 37.1 Å². The van der Waals surface area contributed by atoms with Crippen LogP contribution < -0.4 is 10.1 Å². The van der Waals surface area contributed by atoms with E-state index >= 15 is 0 Å². The molecule has 1 saturated carbocycles. The number of amides is 1. The topological polar surface area (TPSA) is 56.2 Å². The zero-order valence-corrected chi connectivity index (χ0v) is 14.2. The average Bonchev–Trinajstić information content (AvgIpc) is 3.27. The molecule has 1 aliphatic carbocycles. The van der Waals surface area contributed by atoms with Crippen LogP contribution in [-0.4, -0.2) is 22.3 Å². The van der Waals surface area contributed by atoms with Crippen molar-refractivity contribution in [2.75, 3.05) is 6.61 Å². The summed E-state index contributed by atoms with van der Waals surface area (Å²) in [6.45, 7) is 0.279. The van der Waals surface area contributed by atoms with Crippen LogP contribution in [-0.2, 0) is 18.4 Å². The number of halogens is 2. The third kappa shape index (κ3) is 4.18. The zero-order chi connectivity index (χ0) is 16.4. The highest BCUT2D eigenvalue weighted by Gasteiger charge is 2.27. The molecule has 1 aromatic heterocycles. The summed E-state index contributed by atoms with van der Waals surface area (Å²) in [6.07, 6.45) is 2.45. The third-order valence-corrected chi connectivity index (χ3v) is 4.21. The largest absolute Gasteiger partial charge is 0.482 e. The molecule has 23 heavy (non-hydrogen) atoms. The van der Waals surface area contributed by atoms with Crippen LogP contribution in [0, 0.1) is 0 Å². The van der Waals surface area contributed by atoms with E-state index in [0.717, 1.165) is 5.69 Å². The maximum Gasteiger partial charge on any atom is 0.258 e. The molecule has 122 valence electrons. The first-order valence-corrected chi connectivity index (χ1v) is 8.16. The number of nitrogens with one attached hydrogen (secondary N) is 1. The van der Waals surface area contributed by atoms with Crippen molar-refractivity contribution in [1.29, 1.82) is 0 Å². The van der Waals surface area contributed by atoms with Crippen molar-refractivity contribution in [3.8, 4) is 5.75 Å². The Kier molecular flexibility index (Phi) is 4.78. The Hall–Kier alpha value is -1.72. The molecule has 0 spiro atoms. The molecular formula is C16H17Cl2N3O2. The monoisotopic (exact) mass is 353 g/mol. The number of hydrogen-bond donors (Lipinski definition) is 1. The minimum Gasteiger partial charge on any atom is -0.482 e. The van der Waals surface area contributed by atoms with E-state index in [1.54, 1.807) is 18.2 Å². The second-order valence-corrected chi connectivity index (χ2v) is 6.44. The molecule has 2 aromatic rings. The molecule has 0 unspecified atom stereocenters. The summed E-state index contributed by atoms with van der Waals surface area (Å²) in [5, 5.41) is 8.10. The van der Waals surface area contributed by atoms with E-state index in [1.165, 1.54) is 18.5 Å². The first-order chi connectivity index (χ1) is 11.0. The second-order valence-electron chi connectivity index (χ2n) is 5.60. The molecule has 0 radical (unpaired) electrons. The van der Waals surface area contributed by atoms with Crippen molar-refractivity contribution in [2.24, 2.45) is 7.05 Å². The van der Waals surface area contributed by atoms with Gasteiger partial charge in [-0.3, -0.25) is 9.48 Å². The van der Waals surface area contributed by atoms with Crippen LogP contribution in [0.4, 0.5) is 0 Å². The van der Waals surface area contributed by atoms with Gasteiger partial charge >= 0.3 is 0 Å². The van der Waals surface area contributed by atoms with E-state index in [-0.39, 0.29) is 12.5 Å². The highest BCUT2D eigenvalue weighted by atomic mass is 35.5. The normalized spacial score (nSPS) is 13.9. The molecule has 1 fully saturated rings. The van der Waals surface area contributed by atoms with Crippen LogP contribution in [0.25, 0.3) is 0 Å². The van der Waals surface area contributed by atoms with Crippen molar-refractivity contribution in [1.82, 2.24) is 15.1 Å². The second kappa shape index (κ2) is 6.81. The van der Waals surface area contributed by atoms with Crippen molar-refractivity contribution < 1.29 is 9.53 Å². The van der Waals surface area contributed by atoms with Crippen LogP contribution in [0.2, 0.25) is 10.0 Å². The summed E-state index contributed by atoms with van der Waals surface area (Å²) in [4.78, 5) is 11.9. The number of carbonyl (C=O) groups is 1. The summed E-state index contributed by atoms with van der Waals surface area (Å²) in [5.41, 5.74) is 2.09. The number of nitrogens with zero attached hydrogens (tertiary/aromatic N) is 2. The summed E-state index contributed by atoms with van der Waals surface area (Å²) in [5.74, 6) is 0.835. The number of ether oxygens (including phenoxy) is 1. The SMILES string of the molecule is Cn1nc(CNC(=O)COc2ccc(Cl)cc2Cl)cc1C1CC1. The van der Waals surface area contributed by atoms with Crippen LogP contribution in [0.1, 0.15) is 30.1 Å². The number of rotatable bonds is 6. The van der Waals surface area contributed by atoms with Crippen molar-refractivity contribution in [3.63, 3.8) is 0 Å². The third-order valence-electron chi connectivity index (χ3n) is 3.68. The first kappa shape index (κ1) is 16.1. The summed E-state index contributed by atoms with van der Waals surface area (Å²) in [7, 11) is 1.94. The lowest BCUT2D eigenvalue weighted by Gasteiger charge is -2.08. The molecule has 3 rings (SSSR count). The van der Waals surface area contributed by atoms with Gasteiger partial charge in [0, 0.05) is 23.7 Å². The van der Waals surface area contributed by atoms with Crippen LogP contribution in [0.15, 0.2) is 24.3 Å².